The summed E-state index contributed by atoms with van der Waals surface area (Å²) in [4.78, 5) is 1.24. The summed E-state index contributed by atoms with van der Waals surface area (Å²) in [5.74, 6) is 0. The lowest BCUT2D eigenvalue weighted by Gasteiger charge is -2.18. The van der Waals surface area contributed by atoms with Gasteiger partial charge in [0.1, 0.15) is 0 Å². The van der Waals surface area contributed by atoms with E-state index < -0.39 is 28.8 Å². The average Bonchev–Trinajstić information content (AvgIpc) is 2.73. The normalized spacial score (nSPS) is 20.8. The zero-order chi connectivity index (χ0) is 15.7. The molecule has 0 aliphatic carbocycles. The highest BCUT2D eigenvalue weighted by atomic mass is 32.2. The van der Waals surface area contributed by atoms with Gasteiger partial charge in [0, 0.05) is 24.8 Å². The largest absolute Gasteiger partial charge is 0.401 e. The summed E-state index contributed by atoms with van der Waals surface area (Å²) in [6.45, 7) is -0.755. The zero-order valence-electron chi connectivity index (χ0n) is 11.1. The maximum Gasteiger partial charge on any atom is 0.401 e. The van der Waals surface area contributed by atoms with Crippen LogP contribution in [-0.2, 0) is 10.0 Å². The van der Waals surface area contributed by atoms with Gasteiger partial charge in [-0.05, 0) is 30.7 Å². The molecule has 0 bridgehead atoms. The third-order valence-corrected chi connectivity index (χ3v) is 4.72. The standard InChI is InChI=1S/C12H16F3N3O2S/c13-12(14,15)8-18-6-5-10(7-18)17-21(19,20)11-3-1-9(16)2-4-11/h1-4,10,17H,5-8,16H2/t10-/m1/s1. The molecule has 1 aliphatic rings. The highest BCUT2D eigenvalue weighted by molar-refractivity contribution is 7.89. The second kappa shape index (κ2) is 5.82. The fraction of sp³-hybridized carbons (Fsp3) is 0.500. The van der Waals surface area contributed by atoms with Gasteiger partial charge in [-0.2, -0.15) is 13.2 Å². The SMILES string of the molecule is Nc1ccc(S(=O)(=O)N[C@@H]2CCN(CC(F)(F)F)C2)cc1. The molecule has 0 radical (unpaired) electrons. The Hall–Kier alpha value is -1.32. The van der Waals surface area contributed by atoms with E-state index in [9.17, 15) is 21.6 Å². The van der Waals surface area contributed by atoms with Gasteiger partial charge in [0.05, 0.1) is 11.4 Å². The van der Waals surface area contributed by atoms with Crippen molar-refractivity contribution in [2.24, 2.45) is 0 Å². The Kier molecular flexibility index (Phi) is 4.45. The topological polar surface area (TPSA) is 75.4 Å². The Morgan fingerprint density at radius 3 is 2.48 bits per heavy atom. The number of hydrogen-bond acceptors (Lipinski definition) is 4. The Bertz CT molecular complexity index is 587. The first-order valence-corrected chi connectivity index (χ1v) is 7.81. The van der Waals surface area contributed by atoms with E-state index in [4.69, 9.17) is 5.73 Å². The molecule has 0 unspecified atom stereocenters. The van der Waals surface area contributed by atoms with Crippen molar-refractivity contribution in [1.82, 2.24) is 9.62 Å². The first-order valence-electron chi connectivity index (χ1n) is 6.33. The molecule has 0 saturated carbocycles. The van der Waals surface area contributed by atoms with Crippen LogP contribution in [0.5, 0.6) is 0 Å². The molecule has 0 aromatic heterocycles. The summed E-state index contributed by atoms with van der Waals surface area (Å²) < 4.78 is 63.5. The average molecular weight is 323 g/mol. The van der Waals surface area contributed by atoms with Crippen LogP contribution >= 0.6 is 0 Å². The summed E-state index contributed by atoms with van der Waals surface area (Å²) in [5.41, 5.74) is 5.92. The molecule has 1 aliphatic heterocycles. The molecule has 1 saturated heterocycles. The minimum Gasteiger partial charge on any atom is -0.399 e. The van der Waals surface area contributed by atoms with E-state index in [1.54, 1.807) is 0 Å². The number of benzene rings is 1. The number of halogens is 3. The number of nitrogen functional groups attached to an aromatic ring is 1. The summed E-state index contributed by atoms with van der Waals surface area (Å²) in [6.07, 6.45) is -3.92. The Labute approximate surface area is 121 Å². The lowest BCUT2D eigenvalue weighted by molar-refractivity contribution is -0.143. The number of nitrogens with zero attached hydrogens (tertiary/aromatic N) is 1. The van der Waals surface area contributed by atoms with E-state index >= 15 is 0 Å². The monoisotopic (exact) mass is 323 g/mol. The molecule has 0 amide bonds. The summed E-state index contributed by atoms with van der Waals surface area (Å²) >= 11 is 0. The van der Waals surface area contributed by atoms with E-state index in [1.165, 1.54) is 29.2 Å². The van der Waals surface area contributed by atoms with E-state index in [0.29, 0.717) is 12.1 Å². The van der Waals surface area contributed by atoms with E-state index in [2.05, 4.69) is 4.72 Å². The quantitative estimate of drug-likeness (QED) is 0.816. The minimum absolute atomic E-state index is 0.0472. The van der Waals surface area contributed by atoms with Gasteiger partial charge in [-0.1, -0.05) is 0 Å². The molecule has 5 nitrogen and oxygen atoms in total. The molecule has 1 aromatic carbocycles. The highest BCUT2D eigenvalue weighted by Gasteiger charge is 2.35. The summed E-state index contributed by atoms with van der Waals surface area (Å²) in [5, 5.41) is 0. The first-order chi connectivity index (χ1) is 9.66. The number of rotatable bonds is 4. The number of nitrogens with two attached hydrogens (primary N) is 1. The van der Waals surface area contributed by atoms with Gasteiger partial charge in [-0.3, -0.25) is 4.90 Å². The molecule has 3 N–H and O–H groups in total. The van der Waals surface area contributed by atoms with E-state index in [1.807, 2.05) is 0 Å². The number of hydrogen-bond donors (Lipinski definition) is 2. The molecule has 21 heavy (non-hydrogen) atoms. The van der Waals surface area contributed by atoms with Crippen molar-refractivity contribution in [2.75, 3.05) is 25.4 Å². The minimum atomic E-state index is -4.27. The highest BCUT2D eigenvalue weighted by Crippen LogP contribution is 2.21. The van der Waals surface area contributed by atoms with Crippen LogP contribution in [0.3, 0.4) is 0 Å². The molecule has 2 rings (SSSR count). The van der Waals surface area contributed by atoms with Crippen molar-refractivity contribution in [1.29, 1.82) is 0 Å². The third-order valence-electron chi connectivity index (χ3n) is 3.19. The van der Waals surface area contributed by atoms with E-state index in [0.717, 1.165) is 0 Å². The van der Waals surface area contributed by atoms with Crippen LogP contribution in [0, 0.1) is 0 Å². The molecular weight excluding hydrogens is 307 g/mol. The van der Waals surface area contributed by atoms with Crippen LogP contribution in [0.15, 0.2) is 29.2 Å². The van der Waals surface area contributed by atoms with Crippen LogP contribution < -0.4 is 10.5 Å². The van der Waals surface area contributed by atoms with Crippen LogP contribution in [0.25, 0.3) is 0 Å². The van der Waals surface area contributed by atoms with Crippen molar-refractivity contribution in [3.63, 3.8) is 0 Å². The van der Waals surface area contributed by atoms with Crippen LogP contribution in [0.2, 0.25) is 0 Å². The van der Waals surface area contributed by atoms with Crippen molar-refractivity contribution in [2.45, 2.75) is 23.5 Å². The van der Waals surface area contributed by atoms with Crippen LogP contribution in [-0.4, -0.2) is 45.2 Å². The second-order valence-corrected chi connectivity index (χ2v) is 6.74. The molecule has 1 aromatic rings. The first kappa shape index (κ1) is 16.1. The molecular formula is C12H16F3N3O2S. The number of sulfonamides is 1. The van der Waals surface area contributed by atoms with Gasteiger partial charge >= 0.3 is 6.18 Å². The summed E-state index contributed by atoms with van der Waals surface area (Å²) in [6, 6.07) is 5.12. The molecule has 1 atom stereocenters. The number of likely N-dealkylation sites (tertiary alicyclic amines) is 1. The number of anilines is 1. The molecule has 118 valence electrons. The van der Waals surface area contributed by atoms with Gasteiger partial charge in [0.25, 0.3) is 0 Å². The third kappa shape index (κ3) is 4.58. The number of alkyl halides is 3. The Morgan fingerprint density at radius 1 is 1.29 bits per heavy atom. The lowest BCUT2D eigenvalue weighted by Crippen LogP contribution is -2.39. The maximum atomic E-state index is 12.3. The van der Waals surface area contributed by atoms with Gasteiger partial charge in [-0.25, -0.2) is 13.1 Å². The van der Waals surface area contributed by atoms with E-state index in [-0.39, 0.29) is 18.0 Å². The van der Waals surface area contributed by atoms with Gasteiger partial charge < -0.3 is 5.73 Å². The van der Waals surface area contributed by atoms with Crippen molar-refractivity contribution < 1.29 is 21.6 Å². The maximum absolute atomic E-state index is 12.3. The molecule has 0 spiro atoms. The Morgan fingerprint density at radius 2 is 1.90 bits per heavy atom. The van der Waals surface area contributed by atoms with Gasteiger partial charge in [-0.15, -0.1) is 0 Å². The zero-order valence-corrected chi connectivity index (χ0v) is 11.9. The second-order valence-electron chi connectivity index (χ2n) is 5.03. The summed E-state index contributed by atoms with van der Waals surface area (Å²) in [7, 11) is -3.74. The van der Waals surface area contributed by atoms with Crippen molar-refractivity contribution in [3.05, 3.63) is 24.3 Å². The van der Waals surface area contributed by atoms with Crippen molar-refractivity contribution >= 4 is 15.7 Å². The molecule has 1 heterocycles. The predicted molar refractivity (Wildman–Crippen MR) is 72.1 cm³/mol. The lowest BCUT2D eigenvalue weighted by atomic mass is 10.3. The van der Waals surface area contributed by atoms with Gasteiger partial charge in [0.2, 0.25) is 10.0 Å². The Balaban J connectivity index is 1.97. The van der Waals surface area contributed by atoms with Crippen LogP contribution in [0.1, 0.15) is 6.42 Å². The van der Waals surface area contributed by atoms with Gasteiger partial charge in [0.15, 0.2) is 0 Å². The molecule has 1 fully saturated rings. The number of nitrogens with one attached hydrogen (secondary N) is 1. The fourth-order valence-electron chi connectivity index (χ4n) is 2.26. The smallest absolute Gasteiger partial charge is 0.399 e. The van der Waals surface area contributed by atoms with Crippen molar-refractivity contribution in [3.8, 4) is 0 Å². The molecule has 9 heteroatoms. The predicted octanol–water partition coefficient (Wildman–Crippen LogP) is 1.18. The van der Waals surface area contributed by atoms with Crippen LogP contribution in [0.4, 0.5) is 18.9 Å². The fourth-order valence-corrected chi connectivity index (χ4v) is 3.52.